The van der Waals surface area contributed by atoms with E-state index >= 15 is 0 Å². The fraction of sp³-hybridized carbons (Fsp3) is 0. The van der Waals surface area contributed by atoms with Crippen molar-refractivity contribution in [1.82, 2.24) is 0 Å². The maximum Gasteiger partial charge on any atom is 0.337 e. The number of anilines is 1. The third kappa shape index (κ3) is 3.54. The normalized spacial score (nSPS) is 10.2. The number of carbonyl (C=O) groups is 2. The zero-order chi connectivity index (χ0) is 15.6. The lowest BCUT2D eigenvalue weighted by atomic mass is 10.1. The van der Waals surface area contributed by atoms with Gasteiger partial charge in [0.05, 0.1) is 11.3 Å². The number of carboxylic acids is 1. The number of amides is 1. The van der Waals surface area contributed by atoms with Crippen LogP contribution in [0.2, 0.25) is 0 Å². The van der Waals surface area contributed by atoms with Crippen molar-refractivity contribution in [3.05, 3.63) is 62.7 Å². The molecule has 2 N–H and O–H groups in total. The zero-order valence-corrected chi connectivity index (χ0v) is 12.5. The molecule has 0 atom stereocenters. The fourth-order valence-electron chi connectivity index (χ4n) is 1.63. The summed E-state index contributed by atoms with van der Waals surface area (Å²) in [6, 6.07) is 7.13. The highest BCUT2D eigenvalue weighted by Crippen LogP contribution is 2.20. The zero-order valence-electron chi connectivity index (χ0n) is 10.4. The second kappa shape index (κ2) is 6.17. The molecule has 4 nitrogen and oxygen atoms in total. The Hall–Kier alpha value is -2.03. The predicted molar refractivity (Wildman–Crippen MR) is 80.4 cm³/mol. The Kier molecular flexibility index (Phi) is 4.51. The number of nitrogens with one attached hydrogen (secondary N) is 1. The molecule has 0 aliphatic rings. The number of halogens is 3. The van der Waals surface area contributed by atoms with Crippen molar-refractivity contribution in [2.75, 3.05) is 5.32 Å². The highest BCUT2D eigenvalue weighted by molar-refractivity contribution is 14.1. The van der Waals surface area contributed by atoms with Gasteiger partial charge in [0.25, 0.3) is 5.91 Å². The average Bonchev–Trinajstić information content (AvgIpc) is 2.43. The molecule has 0 unspecified atom stereocenters. The molecule has 0 aromatic heterocycles. The molecule has 0 saturated heterocycles. The minimum atomic E-state index is -1.20. The van der Waals surface area contributed by atoms with Gasteiger partial charge >= 0.3 is 5.97 Å². The van der Waals surface area contributed by atoms with E-state index in [1.807, 2.05) is 22.6 Å². The van der Waals surface area contributed by atoms with E-state index in [1.165, 1.54) is 12.1 Å². The van der Waals surface area contributed by atoms with Crippen molar-refractivity contribution < 1.29 is 23.5 Å². The SMILES string of the molecule is O=C(Nc1ccc(I)cc1C(=O)O)c1ccc(F)c(F)c1. The molecule has 21 heavy (non-hydrogen) atoms. The lowest BCUT2D eigenvalue weighted by Gasteiger charge is -2.09. The van der Waals surface area contributed by atoms with Crippen LogP contribution >= 0.6 is 22.6 Å². The van der Waals surface area contributed by atoms with Crippen molar-refractivity contribution >= 4 is 40.2 Å². The van der Waals surface area contributed by atoms with Crippen LogP contribution < -0.4 is 5.32 Å². The molecule has 1 amide bonds. The number of benzene rings is 2. The van der Waals surface area contributed by atoms with E-state index in [0.717, 1.165) is 18.2 Å². The topological polar surface area (TPSA) is 66.4 Å². The van der Waals surface area contributed by atoms with E-state index in [2.05, 4.69) is 5.32 Å². The van der Waals surface area contributed by atoms with E-state index in [4.69, 9.17) is 5.11 Å². The molecule has 0 fully saturated rings. The first-order valence-corrected chi connectivity index (χ1v) is 6.75. The van der Waals surface area contributed by atoms with Crippen molar-refractivity contribution in [1.29, 1.82) is 0 Å². The van der Waals surface area contributed by atoms with Crippen LogP contribution in [0.3, 0.4) is 0 Å². The van der Waals surface area contributed by atoms with Crippen LogP contribution in [0.1, 0.15) is 20.7 Å². The van der Waals surface area contributed by atoms with Crippen LogP contribution in [-0.2, 0) is 0 Å². The quantitative estimate of drug-likeness (QED) is 0.771. The molecule has 0 aliphatic heterocycles. The summed E-state index contributed by atoms with van der Waals surface area (Å²) in [5.41, 5.74) is -0.112. The van der Waals surface area contributed by atoms with Gasteiger partial charge in [-0.3, -0.25) is 4.79 Å². The average molecular weight is 403 g/mol. The van der Waals surface area contributed by atoms with Gasteiger partial charge in [-0.2, -0.15) is 0 Å². The molecule has 2 aromatic carbocycles. The molecule has 0 spiro atoms. The molecular weight excluding hydrogens is 395 g/mol. The van der Waals surface area contributed by atoms with Gasteiger partial charge in [-0.1, -0.05) is 0 Å². The van der Waals surface area contributed by atoms with Crippen molar-refractivity contribution in [2.24, 2.45) is 0 Å². The Labute approximate surface area is 131 Å². The molecular formula is C14H8F2INO3. The van der Waals surface area contributed by atoms with Gasteiger partial charge < -0.3 is 10.4 Å². The number of rotatable bonds is 3. The van der Waals surface area contributed by atoms with Gasteiger partial charge in [0.15, 0.2) is 11.6 Å². The van der Waals surface area contributed by atoms with Gasteiger partial charge in [0.2, 0.25) is 0 Å². The second-order valence-electron chi connectivity index (χ2n) is 4.08. The van der Waals surface area contributed by atoms with Gasteiger partial charge in [-0.25, -0.2) is 13.6 Å². The molecule has 7 heteroatoms. The largest absolute Gasteiger partial charge is 0.478 e. The lowest BCUT2D eigenvalue weighted by molar-refractivity contribution is 0.0698. The highest BCUT2D eigenvalue weighted by atomic mass is 127. The lowest BCUT2D eigenvalue weighted by Crippen LogP contribution is -2.15. The molecule has 0 saturated carbocycles. The fourth-order valence-corrected chi connectivity index (χ4v) is 2.13. The molecule has 0 aliphatic carbocycles. The maximum absolute atomic E-state index is 13.1. The first-order valence-electron chi connectivity index (χ1n) is 5.67. The van der Waals surface area contributed by atoms with Crippen molar-refractivity contribution in [3.63, 3.8) is 0 Å². The Bertz CT molecular complexity index is 734. The summed E-state index contributed by atoms with van der Waals surface area (Å²) in [6.07, 6.45) is 0. The highest BCUT2D eigenvalue weighted by Gasteiger charge is 2.15. The Balaban J connectivity index is 2.31. The maximum atomic E-state index is 13.1. The number of aromatic carboxylic acids is 1. The van der Waals surface area contributed by atoms with E-state index < -0.39 is 23.5 Å². The van der Waals surface area contributed by atoms with Crippen LogP contribution in [0.5, 0.6) is 0 Å². The van der Waals surface area contributed by atoms with Crippen molar-refractivity contribution in [2.45, 2.75) is 0 Å². The molecule has 0 heterocycles. The van der Waals surface area contributed by atoms with E-state index in [9.17, 15) is 18.4 Å². The van der Waals surface area contributed by atoms with Crippen LogP contribution in [0, 0.1) is 15.2 Å². The van der Waals surface area contributed by atoms with Crippen LogP contribution in [0.25, 0.3) is 0 Å². The van der Waals surface area contributed by atoms with E-state index in [0.29, 0.717) is 3.57 Å². The Morgan fingerprint density at radius 3 is 2.38 bits per heavy atom. The Morgan fingerprint density at radius 2 is 1.76 bits per heavy atom. The molecule has 108 valence electrons. The van der Waals surface area contributed by atoms with Crippen molar-refractivity contribution in [3.8, 4) is 0 Å². The number of hydrogen-bond donors (Lipinski definition) is 2. The number of hydrogen-bond acceptors (Lipinski definition) is 2. The summed E-state index contributed by atoms with van der Waals surface area (Å²) in [6.45, 7) is 0. The summed E-state index contributed by atoms with van der Waals surface area (Å²) >= 11 is 1.94. The third-order valence-corrected chi connectivity index (χ3v) is 3.31. The first kappa shape index (κ1) is 15.4. The first-order chi connectivity index (χ1) is 9.88. The monoisotopic (exact) mass is 403 g/mol. The standard InChI is InChI=1S/C14H8F2INO3/c15-10-3-1-7(5-11(10)16)13(19)18-12-4-2-8(17)6-9(12)14(20)21/h1-6H,(H,18,19)(H,20,21). The minimum absolute atomic E-state index is 0.0812. The molecule has 0 radical (unpaired) electrons. The van der Waals surface area contributed by atoms with Gasteiger partial charge in [-0.05, 0) is 59.0 Å². The van der Waals surface area contributed by atoms with Crippen LogP contribution in [0.4, 0.5) is 14.5 Å². The van der Waals surface area contributed by atoms with Gasteiger partial charge in [0.1, 0.15) is 0 Å². The molecule has 2 aromatic rings. The molecule has 2 rings (SSSR count). The number of carbonyl (C=O) groups excluding carboxylic acids is 1. The van der Waals surface area contributed by atoms with Gasteiger partial charge in [0, 0.05) is 9.13 Å². The summed E-state index contributed by atoms with van der Waals surface area (Å²) in [4.78, 5) is 23.1. The van der Waals surface area contributed by atoms with E-state index in [-0.39, 0.29) is 16.8 Å². The van der Waals surface area contributed by atoms with Gasteiger partial charge in [-0.15, -0.1) is 0 Å². The minimum Gasteiger partial charge on any atom is -0.478 e. The second-order valence-corrected chi connectivity index (χ2v) is 5.32. The van der Waals surface area contributed by atoms with E-state index in [1.54, 1.807) is 6.07 Å². The summed E-state index contributed by atoms with van der Waals surface area (Å²) in [5, 5.41) is 11.5. The summed E-state index contributed by atoms with van der Waals surface area (Å²) in [5.74, 6) is -4.14. The Morgan fingerprint density at radius 1 is 1.05 bits per heavy atom. The van der Waals surface area contributed by atoms with Crippen LogP contribution in [-0.4, -0.2) is 17.0 Å². The predicted octanol–water partition coefficient (Wildman–Crippen LogP) is 3.52. The smallest absolute Gasteiger partial charge is 0.337 e. The third-order valence-electron chi connectivity index (χ3n) is 2.64. The summed E-state index contributed by atoms with van der Waals surface area (Å²) < 4.78 is 26.6. The summed E-state index contributed by atoms with van der Waals surface area (Å²) in [7, 11) is 0. The number of carboxylic acid groups (broad SMARTS) is 1. The molecule has 0 bridgehead atoms. The van der Waals surface area contributed by atoms with Crippen LogP contribution in [0.15, 0.2) is 36.4 Å².